The summed E-state index contributed by atoms with van der Waals surface area (Å²) in [5.74, 6) is -0.232. The molecule has 1 rings (SSSR count). The third-order valence-corrected chi connectivity index (χ3v) is 3.29. The van der Waals surface area contributed by atoms with E-state index in [0.29, 0.717) is 23.9 Å². The van der Waals surface area contributed by atoms with Crippen molar-refractivity contribution in [2.24, 2.45) is 11.8 Å². The maximum atomic E-state index is 12.3. The summed E-state index contributed by atoms with van der Waals surface area (Å²) in [5, 5.41) is 9.13. The van der Waals surface area contributed by atoms with Crippen LogP contribution in [0.3, 0.4) is 0 Å². The molecule has 0 saturated carbocycles. The van der Waals surface area contributed by atoms with Gasteiger partial charge in [-0.05, 0) is 43.7 Å². The van der Waals surface area contributed by atoms with Gasteiger partial charge >= 0.3 is 5.97 Å². The summed E-state index contributed by atoms with van der Waals surface area (Å²) in [4.78, 5) is 23.4. The van der Waals surface area contributed by atoms with Gasteiger partial charge in [-0.15, -0.1) is 0 Å². The number of pyridine rings is 1. The highest BCUT2D eigenvalue weighted by Gasteiger charge is 2.17. The second-order valence-electron chi connectivity index (χ2n) is 5.80. The van der Waals surface area contributed by atoms with Crippen LogP contribution in [0, 0.1) is 25.7 Å². The van der Waals surface area contributed by atoms with Crippen molar-refractivity contribution >= 4 is 5.97 Å². The number of rotatable bonds is 5. The summed E-state index contributed by atoms with van der Waals surface area (Å²) in [7, 11) is 0. The first-order valence-electron chi connectivity index (χ1n) is 6.68. The Labute approximate surface area is 114 Å². The van der Waals surface area contributed by atoms with Crippen molar-refractivity contribution in [1.29, 1.82) is 0 Å². The third kappa shape index (κ3) is 3.69. The maximum Gasteiger partial charge on any atom is 0.341 e. The zero-order valence-corrected chi connectivity index (χ0v) is 12.4. The Kier molecular flexibility index (Phi) is 4.92. The van der Waals surface area contributed by atoms with Crippen molar-refractivity contribution in [1.82, 2.24) is 4.57 Å². The molecule has 19 heavy (non-hydrogen) atoms. The Bertz CT molecular complexity index is 529. The first-order chi connectivity index (χ1) is 8.73. The minimum Gasteiger partial charge on any atom is -0.477 e. The second-order valence-corrected chi connectivity index (χ2v) is 5.80. The van der Waals surface area contributed by atoms with Crippen LogP contribution in [-0.2, 0) is 6.54 Å². The Morgan fingerprint density at radius 1 is 1.32 bits per heavy atom. The molecule has 106 valence electrons. The smallest absolute Gasteiger partial charge is 0.341 e. The van der Waals surface area contributed by atoms with Gasteiger partial charge in [-0.1, -0.05) is 20.8 Å². The Morgan fingerprint density at radius 2 is 1.89 bits per heavy atom. The summed E-state index contributed by atoms with van der Waals surface area (Å²) >= 11 is 0. The quantitative estimate of drug-likeness (QED) is 0.890. The zero-order valence-electron chi connectivity index (χ0n) is 12.4. The molecule has 0 fully saturated rings. The van der Waals surface area contributed by atoms with Gasteiger partial charge < -0.3 is 9.67 Å². The van der Waals surface area contributed by atoms with Crippen molar-refractivity contribution in [2.45, 2.75) is 47.6 Å². The van der Waals surface area contributed by atoms with Gasteiger partial charge in [0.05, 0.1) is 0 Å². The number of aryl methyl sites for hydroxylation is 2. The topological polar surface area (TPSA) is 59.3 Å². The average Bonchev–Trinajstić information content (AvgIpc) is 2.22. The van der Waals surface area contributed by atoms with Crippen molar-refractivity contribution in [2.75, 3.05) is 0 Å². The van der Waals surface area contributed by atoms with Crippen LogP contribution >= 0.6 is 0 Å². The third-order valence-electron chi connectivity index (χ3n) is 3.29. The van der Waals surface area contributed by atoms with Gasteiger partial charge in [0.2, 0.25) is 0 Å². The normalized spacial score (nSPS) is 12.7. The first kappa shape index (κ1) is 15.5. The standard InChI is InChI=1S/C15H23NO3/c1-9(2)6-10(3)8-16-12(5)7-11(4)13(14(16)17)15(18)19/h7,9-10H,6,8H2,1-5H3,(H,18,19). The lowest BCUT2D eigenvalue weighted by Gasteiger charge is -2.18. The Balaban J connectivity index is 3.18. The van der Waals surface area contributed by atoms with Crippen LogP contribution in [0.5, 0.6) is 0 Å². The van der Waals surface area contributed by atoms with Gasteiger partial charge in [0, 0.05) is 12.2 Å². The van der Waals surface area contributed by atoms with Gasteiger partial charge in [0.15, 0.2) is 0 Å². The molecule has 0 aliphatic carbocycles. The molecule has 4 nitrogen and oxygen atoms in total. The van der Waals surface area contributed by atoms with E-state index in [1.165, 1.54) is 0 Å². The predicted octanol–water partition coefficient (Wildman–Crippen LogP) is 2.85. The van der Waals surface area contributed by atoms with E-state index in [1.807, 2.05) is 6.92 Å². The van der Waals surface area contributed by atoms with Crippen molar-refractivity contribution in [3.05, 3.63) is 33.2 Å². The fourth-order valence-electron chi connectivity index (χ4n) is 2.61. The van der Waals surface area contributed by atoms with Gasteiger partial charge in [-0.2, -0.15) is 0 Å². The van der Waals surface area contributed by atoms with Gasteiger partial charge in [-0.25, -0.2) is 4.79 Å². The predicted molar refractivity (Wildman–Crippen MR) is 75.8 cm³/mol. The molecule has 0 saturated heterocycles. The molecule has 1 atom stereocenters. The zero-order chi connectivity index (χ0) is 14.7. The van der Waals surface area contributed by atoms with Gasteiger partial charge in [0.1, 0.15) is 5.56 Å². The molecular formula is C15H23NO3. The number of nitrogens with zero attached hydrogens (tertiary/aromatic N) is 1. The number of aromatic carboxylic acids is 1. The van der Waals surface area contributed by atoms with E-state index < -0.39 is 5.97 Å². The molecule has 0 aliphatic heterocycles. The molecular weight excluding hydrogens is 242 g/mol. The largest absolute Gasteiger partial charge is 0.477 e. The molecule has 4 heteroatoms. The van der Waals surface area contributed by atoms with Gasteiger partial charge in [-0.3, -0.25) is 4.79 Å². The summed E-state index contributed by atoms with van der Waals surface area (Å²) in [5.41, 5.74) is 0.855. The number of aromatic nitrogens is 1. The van der Waals surface area contributed by atoms with E-state index in [9.17, 15) is 9.59 Å². The molecule has 1 N–H and O–H groups in total. The molecule has 1 unspecified atom stereocenters. The van der Waals surface area contributed by atoms with Crippen LogP contribution in [0.2, 0.25) is 0 Å². The van der Waals surface area contributed by atoms with Crippen LogP contribution < -0.4 is 5.56 Å². The van der Waals surface area contributed by atoms with Crippen molar-refractivity contribution < 1.29 is 9.90 Å². The number of carboxylic acids is 1. The molecule has 1 aromatic heterocycles. The van der Waals surface area contributed by atoms with Crippen LogP contribution in [0.25, 0.3) is 0 Å². The SMILES string of the molecule is Cc1cc(C)n(CC(C)CC(C)C)c(=O)c1C(=O)O. The first-order valence-corrected chi connectivity index (χ1v) is 6.68. The molecule has 1 heterocycles. The summed E-state index contributed by atoms with van der Waals surface area (Å²) in [6.07, 6.45) is 1.02. The number of hydrogen-bond acceptors (Lipinski definition) is 2. The van der Waals surface area contributed by atoms with Gasteiger partial charge in [0.25, 0.3) is 5.56 Å². The lowest BCUT2D eigenvalue weighted by atomic mass is 9.98. The monoisotopic (exact) mass is 265 g/mol. The number of hydrogen-bond donors (Lipinski definition) is 1. The fourth-order valence-corrected chi connectivity index (χ4v) is 2.61. The lowest BCUT2D eigenvalue weighted by molar-refractivity contribution is 0.0693. The molecule has 1 aromatic rings. The molecule has 0 spiro atoms. The van der Waals surface area contributed by atoms with Crippen molar-refractivity contribution in [3.8, 4) is 0 Å². The van der Waals surface area contributed by atoms with Crippen LogP contribution in [0.4, 0.5) is 0 Å². The molecule has 0 aliphatic rings. The summed E-state index contributed by atoms with van der Waals surface area (Å²) < 4.78 is 1.59. The molecule has 0 amide bonds. The summed E-state index contributed by atoms with van der Waals surface area (Å²) in [6.45, 7) is 10.5. The van der Waals surface area contributed by atoms with Crippen LogP contribution in [-0.4, -0.2) is 15.6 Å². The number of carbonyl (C=O) groups is 1. The lowest BCUT2D eigenvalue weighted by Crippen LogP contribution is -2.31. The molecule has 0 radical (unpaired) electrons. The van der Waals surface area contributed by atoms with E-state index in [4.69, 9.17) is 5.11 Å². The highest BCUT2D eigenvalue weighted by atomic mass is 16.4. The average molecular weight is 265 g/mol. The van der Waals surface area contributed by atoms with Crippen LogP contribution in [0.15, 0.2) is 10.9 Å². The van der Waals surface area contributed by atoms with E-state index in [1.54, 1.807) is 17.6 Å². The Morgan fingerprint density at radius 3 is 2.37 bits per heavy atom. The minimum absolute atomic E-state index is 0.109. The van der Waals surface area contributed by atoms with Crippen LogP contribution in [0.1, 0.15) is 48.8 Å². The van der Waals surface area contributed by atoms with E-state index >= 15 is 0 Å². The van der Waals surface area contributed by atoms with Crippen molar-refractivity contribution in [3.63, 3.8) is 0 Å². The number of carboxylic acid groups (broad SMARTS) is 1. The highest BCUT2D eigenvalue weighted by molar-refractivity contribution is 5.88. The van der Waals surface area contributed by atoms with E-state index in [-0.39, 0.29) is 11.1 Å². The fraction of sp³-hybridized carbons (Fsp3) is 0.600. The van der Waals surface area contributed by atoms with E-state index in [0.717, 1.165) is 12.1 Å². The Hall–Kier alpha value is -1.58. The summed E-state index contributed by atoms with van der Waals surface area (Å²) in [6, 6.07) is 1.77. The minimum atomic E-state index is -1.15. The maximum absolute atomic E-state index is 12.3. The van der Waals surface area contributed by atoms with E-state index in [2.05, 4.69) is 20.8 Å². The highest BCUT2D eigenvalue weighted by Crippen LogP contribution is 2.14. The second kappa shape index (κ2) is 6.04. The molecule has 0 bridgehead atoms. The molecule has 0 aromatic carbocycles.